The van der Waals surface area contributed by atoms with Gasteiger partial charge in [0.2, 0.25) is 0 Å². The van der Waals surface area contributed by atoms with Crippen LogP contribution in [0.4, 0.5) is 5.69 Å². The number of amides is 1. The second-order valence-electron chi connectivity index (χ2n) is 8.28. The van der Waals surface area contributed by atoms with Crippen LogP contribution in [0.15, 0.2) is 71.6 Å². The molecule has 0 aromatic heterocycles. The molecule has 0 aliphatic heterocycles. The largest absolute Gasteiger partial charge is 0.345 e. The number of fused-ring (bicyclic) bond motifs is 1. The summed E-state index contributed by atoms with van der Waals surface area (Å²) in [6, 6.07) is 19.0. The van der Waals surface area contributed by atoms with Crippen LogP contribution >= 0.6 is 11.6 Å². The van der Waals surface area contributed by atoms with Crippen molar-refractivity contribution in [2.45, 2.75) is 50.0 Å². The standard InChI is InChI=1S/C26H27ClN2O3S/c1-2-25(20-13-12-18-8-6-7-9-19(18)16-20)28-26(30)23-15-14-21(17-24(23)27)29-33(31,32)22-10-4-3-5-11-22/h3-5,10-17,25,29H,2,6-9H2,1H3,(H,28,30). The van der Waals surface area contributed by atoms with E-state index in [9.17, 15) is 13.2 Å². The SMILES string of the molecule is CCC(NC(=O)c1ccc(NS(=O)(=O)c2ccccc2)cc1Cl)c1ccc2c(c1)CCCC2. The van der Waals surface area contributed by atoms with Crippen molar-refractivity contribution in [3.05, 3.63) is 94.0 Å². The predicted octanol–water partition coefficient (Wildman–Crippen LogP) is 5.90. The molecular weight excluding hydrogens is 456 g/mol. The highest BCUT2D eigenvalue weighted by Gasteiger charge is 2.20. The number of hydrogen-bond donors (Lipinski definition) is 2. The average Bonchev–Trinajstić information content (AvgIpc) is 2.82. The minimum atomic E-state index is -3.74. The molecule has 1 aliphatic rings. The molecule has 1 aliphatic carbocycles. The van der Waals surface area contributed by atoms with Gasteiger partial charge in [-0.15, -0.1) is 0 Å². The molecule has 0 fully saturated rings. The Kier molecular flexibility index (Phi) is 7.05. The third kappa shape index (κ3) is 5.40. The predicted molar refractivity (Wildman–Crippen MR) is 132 cm³/mol. The maximum absolute atomic E-state index is 13.0. The molecular formula is C26H27ClN2O3S. The minimum Gasteiger partial charge on any atom is -0.345 e. The molecule has 2 N–H and O–H groups in total. The Bertz CT molecular complexity index is 1260. The molecule has 0 saturated carbocycles. The third-order valence-corrected chi connectivity index (χ3v) is 7.72. The summed E-state index contributed by atoms with van der Waals surface area (Å²) in [6.45, 7) is 2.04. The van der Waals surface area contributed by atoms with E-state index in [0.717, 1.165) is 24.8 Å². The van der Waals surface area contributed by atoms with Crippen molar-refractivity contribution < 1.29 is 13.2 Å². The van der Waals surface area contributed by atoms with Crippen LogP contribution in [0, 0.1) is 0 Å². The Balaban J connectivity index is 1.49. The van der Waals surface area contributed by atoms with Crippen LogP contribution < -0.4 is 10.0 Å². The number of rotatable bonds is 7. The molecule has 1 unspecified atom stereocenters. The van der Waals surface area contributed by atoms with Crippen molar-refractivity contribution in [2.24, 2.45) is 0 Å². The molecule has 0 spiro atoms. The summed E-state index contributed by atoms with van der Waals surface area (Å²) in [5, 5.41) is 3.26. The molecule has 0 heterocycles. The number of benzene rings is 3. The van der Waals surface area contributed by atoms with E-state index in [0.29, 0.717) is 11.3 Å². The van der Waals surface area contributed by atoms with E-state index in [1.807, 2.05) is 6.92 Å². The van der Waals surface area contributed by atoms with Gasteiger partial charge in [0.05, 0.1) is 27.2 Å². The molecule has 7 heteroatoms. The van der Waals surface area contributed by atoms with Gasteiger partial charge in [0.25, 0.3) is 15.9 Å². The number of carbonyl (C=O) groups excluding carboxylic acids is 1. The number of anilines is 1. The van der Waals surface area contributed by atoms with E-state index in [4.69, 9.17) is 11.6 Å². The lowest BCUT2D eigenvalue weighted by molar-refractivity contribution is 0.0935. The summed E-state index contributed by atoms with van der Waals surface area (Å²) in [4.78, 5) is 13.1. The highest BCUT2D eigenvalue weighted by molar-refractivity contribution is 7.92. The lowest BCUT2D eigenvalue weighted by atomic mass is 9.88. The van der Waals surface area contributed by atoms with Crippen LogP contribution in [0.25, 0.3) is 0 Å². The summed E-state index contributed by atoms with van der Waals surface area (Å²) < 4.78 is 27.6. The van der Waals surface area contributed by atoms with Crippen molar-refractivity contribution in [1.82, 2.24) is 5.32 Å². The number of hydrogen-bond acceptors (Lipinski definition) is 3. The van der Waals surface area contributed by atoms with Gasteiger partial charge in [-0.05, 0) is 79.1 Å². The first-order valence-electron chi connectivity index (χ1n) is 11.2. The molecule has 172 valence electrons. The Morgan fingerprint density at radius 3 is 2.39 bits per heavy atom. The highest BCUT2D eigenvalue weighted by Crippen LogP contribution is 2.28. The maximum Gasteiger partial charge on any atom is 0.261 e. The summed E-state index contributed by atoms with van der Waals surface area (Å²) in [6.07, 6.45) is 5.39. The first-order chi connectivity index (χ1) is 15.9. The molecule has 0 radical (unpaired) electrons. The number of nitrogens with one attached hydrogen (secondary N) is 2. The summed E-state index contributed by atoms with van der Waals surface area (Å²) in [5.41, 5.74) is 4.47. The van der Waals surface area contributed by atoms with E-state index in [2.05, 4.69) is 28.2 Å². The third-order valence-electron chi connectivity index (χ3n) is 6.01. The van der Waals surface area contributed by atoms with Crippen LogP contribution in [-0.2, 0) is 22.9 Å². The molecule has 1 amide bonds. The zero-order valence-electron chi connectivity index (χ0n) is 18.5. The molecule has 3 aromatic carbocycles. The zero-order chi connectivity index (χ0) is 23.4. The Morgan fingerprint density at radius 2 is 1.70 bits per heavy atom. The van der Waals surface area contributed by atoms with Crippen LogP contribution in [-0.4, -0.2) is 14.3 Å². The first-order valence-corrected chi connectivity index (χ1v) is 13.0. The molecule has 0 saturated heterocycles. The normalized spacial score (nSPS) is 14.2. The van der Waals surface area contributed by atoms with Crippen LogP contribution in [0.5, 0.6) is 0 Å². The van der Waals surface area contributed by atoms with E-state index < -0.39 is 10.0 Å². The van der Waals surface area contributed by atoms with Crippen molar-refractivity contribution >= 4 is 33.2 Å². The summed E-state index contributed by atoms with van der Waals surface area (Å²) in [5.74, 6) is -0.290. The fourth-order valence-corrected chi connectivity index (χ4v) is 5.54. The molecule has 5 nitrogen and oxygen atoms in total. The van der Waals surface area contributed by atoms with Gasteiger partial charge in [0, 0.05) is 0 Å². The Morgan fingerprint density at radius 1 is 0.970 bits per heavy atom. The molecule has 0 bridgehead atoms. The van der Waals surface area contributed by atoms with Crippen LogP contribution in [0.2, 0.25) is 5.02 Å². The maximum atomic E-state index is 13.0. The zero-order valence-corrected chi connectivity index (χ0v) is 20.0. The number of aryl methyl sites for hydroxylation is 2. The quantitative estimate of drug-likeness (QED) is 0.440. The topological polar surface area (TPSA) is 75.3 Å². The molecule has 4 rings (SSSR count). The van der Waals surface area contributed by atoms with Gasteiger partial charge in [-0.1, -0.05) is 54.9 Å². The average molecular weight is 483 g/mol. The monoisotopic (exact) mass is 482 g/mol. The van der Waals surface area contributed by atoms with Crippen LogP contribution in [0.1, 0.15) is 59.3 Å². The van der Waals surface area contributed by atoms with E-state index in [1.165, 1.54) is 42.2 Å². The molecule has 33 heavy (non-hydrogen) atoms. The fraction of sp³-hybridized carbons (Fsp3) is 0.269. The van der Waals surface area contributed by atoms with E-state index in [1.54, 1.807) is 30.3 Å². The number of carbonyl (C=O) groups is 1. The second-order valence-corrected chi connectivity index (χ2v) is 10.4. The Hall–Kier alpha value is -2.83. The van der Waals surface area contributed by atoms with Crippen molar-refractivity contribution in [1.29, 1.82) is 0 Å². The number of halogens is 1. The van der Waals surface area contributed by atoms with Crippen molar-refractivity contribution in [3.8, 4) is 0 Å². The van der Waals surface area contributed by atoms with Gasteiger partial charge >= 0.3 is 0 Å². The molecule has 1 atom stereocenters. The van der Waals surface area contributed by atoms with E-state index >= 15 is 0 Å². The van der Waals surface area contributed by atoms with Gasteiger partial charge < -0.3 is 5.32 Å². The highest BCUT2D eigenvalue weighted by atomic mass is 35.5. The Labute approximate surface area is 200 Å². The molecule has 3 aromatic rings. The summed E-state index contributed by atoms with van der Waals surface area (Å²) >= 11 is 6.37. The van der Waals surface area contributed by atoms with Gasteiger partial charge in [0.15, 0.2) is 0 Å². The first kappa shape index (κ1) is 23.3. The lowest BCUT2D eigenvalue weighted by Crippen LogP contribution is -2.28. The summed E-state index contributed by atoms with van der Waals surface area (Å²) in [7, 11) is -3.74. The van der Waals surface area contributed by atoms with E-state index in [-0.39, 0.29) is 21.9 Å². The van der Waals surface area contributed by atoms with Gasteiger partial charge in [-0.3, -0.25) is 9.52 Å². The fourth-order valence-electron chi connectivity index (χ4n) is 4.20. The minimum absolute atomic E-state index is 0.128. The second kappa shape index (κ2) is 9.98. The lowest BCUT2D eigenvalue weighted by Gasteiger charge is -2.22. The van der Waals surface area contributed by atoms with Crippen LogP contribution in [0.3, 0.4) is 0 Å². The van der Waals surface area contributed by atoms with Gasteiger partial charge in [0.1, 0.15) is 0 Å². The number of sulfonamides is 1. The van der Waals surface area contributed by atoms with Crippen molar-refractivity contribution in [2.75, 3.05) is 4.72 Å². The van der Waals surface area contributed by atoms with Crippen molar-refractivity contribution in [3.63, 3.8) is 0 Å². The van der Waals surface area contributed by atoms with Gasteiger partial charge in [-0.2, -0.15) is 0 Å². The van der Waals surface area contributed by atoms with Gasteiger partial charge in [-0.25, -0.2) is 8.42 Å². The smallest absolute Gasteiger partial charge is 0.261 e.